The number of aromatic nitrogens is 2. The van der Waals surface area contributed by atoms with Gasteiger partial charge >= 0.3 is 0 Å². The smallest absolute Gasteiger partial charge is 0.130 e. The van der Waals surface area contributed by atoms with Crippen molar-refractivity contribution in [2.45, 2.75) is 38.9 Å². The van der Waals surface area contributed by atoms with Gasteiger partial charge in [0.15, 0.2) is 0 Å². The Morgan fingerprint density at radius 3 is 2.95 bits per heavy atom. The quantitative estimate of drug-likeness (QED) is 0.914. The zero-order valence-electron chi connectivity index (χ0n) is 12.1. The molecule has 1 N–H and O–H groups in total. The molecule has 1 unspecified atom stereocenters. The van der Waals surface area contributed by atoms with Crippen molar-refractivity contribution < 1.29 is 9.84 Å². The minimum absolute atomic E-state index is 0.121. The summed E-state index contributed by atoms with van der Waals surface area (Å²) >= 11 is 0. The standard InChI is InChI=1S/C16H20N2O2/c1-4-13-12(9-18(3)17-13)16-8-14(19)11-7-10(2)5-6-15(11)20-16/h5-7,9,14,16,19H,4,8H2,1-3H3/t14-,16?/m1/s1. The summed E-state index contributed by atoms with van der Waals surface area (Å²) in [4.78, 5) is 0. The first-order valence-corrected chi connectivity index (χ1v) is 7.06. The number of aliphatic hydroxyl groups is 1. The van der Waals surface area contributed by atoms with Gasteiger partial charge in [-0.3, -0.25) is 4.68 Å². The Morgan fingerprint density at radius 1 is 1.40 bits per heavy atom. The number of nitrogens with zero attached hydrogens (tertiary/aromatic N) is 2. The first-order valence-electron chi connectivity index (χ1n) is 7.06. The van der Waals surface area contributed by atoms with Crippen molar-refractivity contribution in [2.75, 3.05) is 0 Å². The highest BCUT2D eigenvalue weighted by Gasteiger charge is 2.30. The minimum atomic E-state index is -0.478. The molecule has 0 fully saturated rings. The van der Waals surface area contributed by atoms with E-state index in [1.807, 2.05) is 43.0 Å². The van der Waals surface area contributed by atoms with Gasteiger partial charge in [0, 0.05) is 30.8 Å². The Labute approximate surface area is 119 Å². The third-order valence-corrected chi connectivity index (χ3v) is 3.85. The highest BCUT2D eigenvalue weighted by molar-refractivity contribution is 5.41. The van der Waals surface area contributed by atoms with E-state index >= 15 is 0 Å². The average Bonchev–Trinajstić information content (AvgIpc) is 2.80. The molecule has 4 heteroatoms. The van der Waals surface area contributed by atoms with Gasteiger partial charge < -0.3 is 9.84 Å². The van der Waals surface area contributed by atoms with Crippen LogP contribution in [-0.2, 0) is 13.5 Å². The van der Waals surface area contributed by atoms with Crippen LogP contribution in [0.25, 0.3) is 0 Å². The Kier molecular flexibility index (Phi) is 3.26. The highest BCUT2D eigenvalue weighted by atomic mass is 16.5. The van der Waals surface area contributed by atoms with Crippen LogP contribution in [0.2, 0.25) is 0 Å². The molecule has 2 heterocycles. The van der Waals surface area contributed by atoms with E-state index in [4.69, 9.17) is 4.74 Å². The maximum Gasteiger partial charge on any atom is 0.130 e. The van der Waals surface area contributed by atoms with Gasteiger partial charge in [-0.05, 0) is 25.5 Å². The second kappa shape index (κ2) is 4.94. The van der Waals surface area contributed by atoms with Gasteiger partial charge in [0.1, 0.15) is 11.9 Å². The number of hydrogen-bond acceptors (Lipinski definition) is 3. The highest BCUT2D eigenvalue weighted by Crippen LogP contribution is 2.41. The number of aryl methyl sites for hydroxylation is 3. The van der Waals surface area contributed by atoms with E-state index in [0.717, 1.165) is 34.6 Å². The number of hydrogen-bond donors (Lipinski definition) is 1. The molecule has 0 spiro atoms. The first kappa shape index (κ1) is 13.2. The van der Waals surface area contributed by atoms with Crippen molar-refractivity contribution in [3.63, 3.8) is 0 Å². The molecule has 3 rings (SSSR count). The Balaban J connectivity index is 1.96. The van der Waals surface area contributed by atoms with E-state index in [-0.39, 0.29) is 6.10 Å². The monoisotopic (exact) mass is 272 g/mol. The molecule has 1 aliphatic heterocycles. The fourth-order valence-corrected chi connectivity index (χ4v) is 2.85. The lowest BCUT2D eigenvalue weighted by Crippen LogP contribution is -2.19. The maximum atomic E-state index is 10.4. The summed E-state index contributed by atoms with van der Waals surface area (Å²) in [5.41, 5.74) is 4.16. The van der Waals surface area contributed by atoms with Crippen LogP contribution in [0.3, 0.4) is 0 Å². The Morgan fingerprint density at radius 2 is 2.20 bits per heavy atom. The van der Waals surface area contributed by atoms with Crippen molar-refractivity contribution >= 4 is 0 Å². The summed E-state index contributed by atoms with van der Waals surface area (Å²) in [6.45, 7) is 4.11. The number of rotatable bonds is 2. The molecule has 20 heavy (non-hydrogen) atoms. The van der Waals surface area contributed by atoms with Crippen molar-refractivity contribution in [1.82, 2.24) is 9.78 Å². The van der Waals surface area contributed by atoms with Gasteiger partial charge in [0.05, 0.1) is 11.8 Å². The van der Waals surface area contributed by atoms with Gasteiger partial charge in [-0.2, -0.15) is 5.10 Å². The van der Waals surface area contributed by atoms with E-state index in [0.29, 0.717) is 6.42 Å². The lowest BCUT2D eigenvalue weighted by atomic mass is 9.94. The average molecular weight is 272 g/mol. The number of aliphatic hydroxyl groups excluding tert-OH is 1. The lowest BCUT2D eigenvalue weighted by molar-refractivity contribution is 0.0652. The Hall–Kier alpha value is -1.81. The molecule has 0 saturated carbocycles. The van der Waals surface area contributed by atoms with E-state index in [1.165, 1.54) is 0 Å². The number of benzene rings is 1. The molecular weight excluding hydrogens is 252 g/mol. The summed E-state index contributed by atoms with van der Waals surface area (Å²) in [6.07, 6.45) is 2.84. The molecule has 106 valence electrons. The SMILES string of the molecule is CCc1nn(C)cc1C1C[C@@H](O)c2cc(C)ccc2O1. The molecule has 0 radical (unpaired) electrons. The van der Waals surface area contributed by atoms with Gasteiger partial charge in [0.25, 0.3) is 0 Å². The molecule has 0 amide bonds. The molecule has 4 nitrogen and oxygen atoms in total. The van der Waals surface area contributed by atoms with Gasteiger partial charge in [-0.15, -0.1) is 0 Å². The Bertz CT molecular complexity index is 633. The van der Waals surface area contributed by atoms with Crippen LogP contribution in [0.5, 0.6) is 5.75 Å². The fraction of sp³-hybridized carbons (Fsp3) is 0.438. The van der Waals surface area contributed by atoms with Crippen LogP contribution < -0.4 is 4.74 Å². The van der Waals surface area contributed by atoms with Crippen LogP contribution in [0.1, 0.15) is 47.9 Å². The van der Waals surface area contributed by atoms with Crippen LogP contribution in [0.4, 0.5) is 0 Å². The van der Waals surface area contributed by atoms with Crippen LogP contribution in [0.15, 0.2) is 24.4 Å². The third kappa shape index (κ3) is 2.20. The van der Waals surface area contributed by atoms with Crippen LogP contribution in [-0.4, -0.2) is 14.9 Å². The first-order chi connectivity index (χ1) is 9.58. The molecule has 0 saturated heterocycles. The third-order valence-electron chi connectivity index (χ3n) is 3.85. The van der Waals surface area contributed by atoms with Crippen molar-refractivity contribution in [3.05, 3.63) is 46.8 Å². The zero-order valence-corrected chi connectivity index (χ0v) is 12.1. The fourth-order valence-electron chi connectivity index (χ4n) is 2.85. The largest absolute Gasteiger partial charge is 0.485 e. The molecule has 2 atom stereocenters. The number of fused-ring (bicyclic) bond motifs is 1. The summed E-state index contributed by atoms with van der Waals surface area (Å²) < 4.78 is 7.90. The predicted octanol–water partition coefficient (Wildman–Crippen LogP) is 2.85. The molecule has 0 bridgehead atoms. The van der Waals surface area contributed by atoms with E-state index in [9.17, 15) is 5.11 Å². The molecule has 1 aromatic carbocycles. The molecule has 1 aliphatic rings. The van der Waals surface area contributed by atoms with Crippen molar-refractivity contribution in [3.8, 4) is 5.75 Å². The summed E-state index contributed by atoms with van der Waals surface area (Å²) in [7, 11) is 1.92. The van der Waals surface area contributed by atoms with Gasteiger partial charge in [-0.25, -0.2) is 0 Å². The van der Waals surface area contributed by atoms with Gasteiger partial charge in [-0.1, -0.05) is 18.6 Å². The predicted molar refractivity (Wildman–Crippen MR) is 76.7 cm³/mol. The van der Waals surface area contributed by atoms with E-state index in [1.54, 1.807) is 0 Å². The van der Waals surface area contributed by atoms with E-state index < -0.39 is 6.10 Å². The molecular formula is C16H20N2O2. The topological polar surface area (TPSA) is 47.3 Å². The second-order valence-corrected chi connectivity index (χ2v) is 5.46. The maximum absolute atomic E-state index is 10.4. The normalized spacial score (nSPS) is 21.4. The summed E-state index contributed by atoms with van der Waals surface area (Å²) in [5.74, 6) is 0.783. The van der Waals surface area contributed by atoms with Crippen molar-refractivity contribution in [2.24, 2.45) is 7.05 Å². The second-order valence-electron chi connectivity index (χ2n) is 5.46. The molecule has 2 aromatic rings. The number of ether oxygens (including phenoxy) is 1. The van der Waals surface area contributed by atoms with Gasteiger partial charge in [0.2, 0.25) is 0 Å². The summed E-state index contributed by atoms with van der Waals surface area (Å²) in [6, 6.07) is 5.96. The lowest BCUT2D eigenvalue weighted by Gasteiger charge is -2.30. The summed E-state index contributed by atoms with van der Waals surface area (Å²) in [5, 5.41) is 14.8. The van der Waals surface area contributed by atoms with Crippen LogP contribution in [0, 0.1) is 6.92 Å². The zero-order chi connectivity index (χ0) is 14.3. The minimum Gasteiger partial charge on any atom is -0.485 e. The molecule has 1 aromatic heterocycles. The van der Waals surface area contributed by atoms with Crippen LogP contribution >= 0.6 is 0 Å². The van der Waals surface area contributed by atoms with E-state index in [2.05, 4.69) is 12.0 Å². The van der Waals surface area contributed by atoms with Crippen molar-refractivity contribution in [1.29, 1.82) is 0 Å². The molecule has 0 aliphatic carbocycles.